The topological polar surface area (TPSA) is 24.9 Å². The molecule has 1 heterocycles. The smallest absolute Gasteiger partial charge is 0.139 e. The van der Waals surface area contributed by atoms with E-state index in [0.717, 1.165) is 16.8 Å². The van der Waals surface area contributed by atoms with E-state index < -0.39 is 0 Å². The van der Waals surface area contributed by atoms with E-state index in [0.29, 0.717) is 11.0 Å². The molecule has 2 aromatic rings. The molecule has 2 nitrogen and oxygen atoms in total. The van der Waals surface area contributed by atoms with Gasteiger partial charge in [0.15, 0.2) is 0 Å². The highest BCUT2D eigenvalue weighted by atomic mass is 79.9. The van der Waals surface area contributed by atoms with Gasteiger partial charge in [0.2, 0.25) is 0 Å². The summed E-state index contributed by atoms with van der Waals surface area (Å²) in [4.78, 5) is 4.09. The summed E-state index contributed by atoms with van der Waals surface area (Å²) in [6, 6.07) is 5.24. The molecular weight excluding hydrogens is 295 g/mol. The van der Waals surface area contributed by atoms with Crippen LogP contribution in [0.15, 0.2) is 35.1 Å². The minimum absolute atomic E-state index is 0.258. The Morgan fingerprint density at radius 3 is 2.78 bits per heavy atom. The van der Waals surface area contributed by atoms with Crippen molar-refractivity contribution in [1.29, 1.82) is 0 Å². The predicted molar refractivity (Wildman–Crippen MR) is 75.1 cm³/mol. The van der Waals surface area contributed by atoms with Crippen LogP contribution in [0, 0.1) is 19.7 Å². The Balaban J connectivity index is 2.16. The van der Waals surface area contributed by atoms with E-state index >= 15 is 0 Å². The van der Waals surface area contributed by atoms with Gasteiger partial charge in [0.25, 0.3) is 0 Å². The molecule has 0 atom stereocenters. The molecule has 0 saturated heterocycles. The molecule has 0 radical (unpaired) electrons. The van der Waals surface area contributed by atoms with E-state index in [9.17, 15) is 4.39 Å². The van der Waals surface area contributed by atoms with Crippen molar-refractivity contribution < 1.29 is 4.39 Å². The maximum Gasteiger partial charge on any atom is 0.139 e. The molecule has 0 aliphatic heterocycles. The van der Waals surface area contributed by atoms with Gasteiger partial charge in [0.1, 0.15) is 5.82 Å². The lowest BCUT2D eigenvalue weighted by atomic mass is 10.1. The molecule has 94 valence electrons. The third kappa shape index (κ3) is 2.88. The molecular formula is C14H14BrFN2. The summed E-state index contributed by atoms with van der Waals surface area (Å²) >= 11 is 3.18. The summed E-state index contributed by atoms with van der Waals surface area (Å²) in [7, 11) is 0. The van der Waals surface area contributed by atoms with E-state index in [-0.39, 0.29) is 5.82 Å². The summed E-state index contributed by atoms with van der Waals surface area (Å²) < 4.78 is 14.0. The van der Waals surface area contributed by atoms with E-state index in [2.05, 4.69) is 26.2 Å². The van der Waals surface area contributed by atoms with Gasteiger partial charge in [-0.2, -0.15) is 0 Å². The second-order valence-electron chi connectivity index (χ2n) is 4.24. The molecule has 1 N–H and O–H groups in total. The van der Waals surface area contributed by atoms with Crippen molar-refractivity contribution in [3.05, 3.63) is 57.6 Å². The molecule has 0 aliphatic rings. The number of anilines is 1. The Morgan fingerprint density at radius 2 is 2.06 bits per heavy atom. The fraction of sp³-hybridized carbons (Fsp3) is 0.214. The van der Waals surface area contributed by atoms with Gasteiger partial charge in [-0.1, -0.05) is 0 Å². The highest BCUT2D eigenvalue weighted by Crippen LogP contribution is 2.24. The average Bonchev–Trinajstić information content (AvgIpc) is 2.34. The van der Waals surface area contributed by atoms with Crippen molar-refractivity contribution in [2.24, 2.45) is 0 Å². The van der Waals surface area contributed by atoms with Crippen LogP contribution in [0.4, 0.5) is 10.1 Å². The monoisotopic (exact) mass is 308 g/mol. The normalized spacial score (nSPS) is 10.4. The van der Waals surface area contributed by atoms with Crippen LogP contribution in [-0.2, 0) is 6.54 Å². The molecule has 0 fully saturated rings. The number of nitrogens with zero attached hydrogens (tertiary/aromatic N) is 1. The first-order chi connectivity index (χ1) is 8.58. The predicted octanol–water partition coefficient (Wildman–Crippen LogP) is 4.21. The lowest BCUT2D eigenvalue weighted by molar-refractivity contribution is 0.621. The van der Waals surface area contributed by atoms with Crippen molar-refractivity contribution >= 4 is 21.6 Å². The fourth-order valence-electron chi connectivity index (χ4n) is 1.71. The molecule has 0 unspecified atom stereocenters. The van der Waals surface area contributed by atoms with Gasteiger partial charge in [0, 0.05) is 24.6 Å². The van der Waals surface area contributed by atoms with Gasteiger partial charge >= 0.3 is 0 Å². The first-order valence-electron chi connectivity index (χ1n) is 5.67. The number of pyridine rings is 1. The van der Waals surface area contributed by atoms with Crippen LogP contribution in [-0.4, -0.2) is 4.98 Å². The molecule has 0 spiro atoms. The standard InChI is InChI=1S/C14H14BrFN2/c1-9-3-4-17-7-11(9)8-18-14-6-13(16)12(15)5-10(14)2/h3-7,18H,8H2,1-2H3. The van der Waals surface area contributed by atoms with Crippen LogP contribution in [0.25, 0.3) is 0 Å². The maximum absolute atomic E-state index is 13.5. The van der Waals surface area contributed by atoms with Crippen LogP contribution in [0.2, 0.25) is 0 Å². The summed E-state index contributed by atoms with van der Waals surface area (Å²) in [5.74, 6) is -0.258. The Bertz CT molecular complexity index is 570. The zero-order valence-corrected chi connectivity index (χ0v) is 11.9. The molecule has 0 bridgehead atoms. The van der Waals surface area contributed by atoms with E-state index in [1.54, 1.807) is 12.3 Å². The van der Waals surface area contributed by atoms with Gasteiger partial charge in [-0.05, 0) is 64.7 Å². The van der Waals surface area contributed by atoms with Crippen LogP contribution >= 0.6 is 15.9 Å². The molecule has 0 aliphatic carbocycles. The molecule has 4 heteroatoms. The second-order valence-corrected chi connectivity index (χ2v) is 5.09. The van der Waals surface area contributed by atoms with Gasteiger partial charge in [-0.15, -0.1) is 0 Å². The van der Waals surface area contributed by atoms with E-state index in [4.69, 9.17) is 0 Å². The molecule has 18 heavy (non-hydrogen) atoms. The minimum atomic E-state index is -0.258. The van der Waals surface area contributed by atoms with E-state index in [1.807, 2.05) is 26.1 Å². The maximum atomic E-state index is 13.5. The third-order valence-corrected chi connectivity index (χ3v) is 3.49. The zero-order chi connectivity index (χ0) is 13.1. The minimum Gasteiger partial charge on any atom is -0.381 e. The Hall–Kier alpha value is -1.42. The Morgan fingerprint density at radius 1 is 1.28 bits per heavy atom. The molecule has 1 aromatic heterocycles. The third-order valence-electron chi connectivity index (χ3n) is 2.88. The lowest BCUT2D eigenvalue weighted by Gasteiger charge is -2.11. The summed E-state index contributed by atoms with van der Waals surface area (Å²) in [5, 5.41) is 3.24. The van der Waals surface area contributed by atoms with Crippen LogP contribution in [0.1, 0.15) is 16.7 Å². The molecule has 1 aromatic carbocycles. The molecule has 0 amide bonds. The van der Waals surface area contributed by atoms with Crippen LogP contribution < -0.4 is 5.32 Å². The average molecular weight is 309 g/mol. The van der Waals surface area contributed by atoms with Crippen molar-refractivity contribution in [2.45, 2.75) is 20.4 Å². The quantitative estimate of drug-likeness (QED) is 0.918. The van der Waals surface area contributed by atoms with Gasteiger partial charge < -0.3 is 5.32 Å². The number of halogens is 2. The van der Waals surface area contributed by atoms with Crippen molar-refractivity contribution in [1.82, 2.24) is 4.98 Å². The number of aromatic nitrogens is 1. The van der Waals surface area contributed by atoms with Gasteiger partial charge in [0.05, 0.1) is 4.47 Å². The number of hydrogen-bond donors (Lipinski definition) is 1. The largest absolute Gasteiger partial charge is 0.381 e. The number of benzene rings is 1. The van der Waals surface area contributed by atoms with E-state index in [1.165, 1.54) is 11.6 Å². The number of aryl methyl sites for hydroxylation is 2. The molecule has 2 rings (SSSR count). The van der Waals surface area contributed by atoms with Crippen molar-refractivity contribution in [3.8, 4) is 0 Å². The highest BCUT2D eigenvalue weighted by Gasteiger charge is 2.05. The molecule has 0 saturated carbocycles. The highest BCUT2D eigenvalue weighted by molar-refractivity contribution is 9.10. The summed E-state index contributed by atoms with van der Waals surface area (Å²) in [5.41, 5.74) is 4.09. The van der Waals surface area contributed by atoms with Crippen LogP contribution in [0.3, 0.4) is 0 Å². The number of hydrogen-bond acceptors (Lipinski definition) is 2. The Kier molecular flexibility index (Phi) is 3.97. The van der Waals surface area contributed by atoms with Crippen molar-refractivity contribution in [3.63, 3.8) is 0 Å². The number of rotatable bonds is 3. The van der Waals surface area contributed by atoms with Crippen molar-refractivity contribution in [2.75, 3.05) is 5.32 Å². The lowest BCUT2D eigenvalue weighted by Crippen LogP contribution is -2.03. The zero-order valence-electron chi connectivity index (χ0n) is 10.3. The van der Waals surface area contributed by atoms with Gasteiger partial charge in [-0.3, -0.25) is 4.98 Å². The SMILES string of the molecule is Cc1ccncc1CNc1cc(F)c(Br)cc1C. The Labute approximate surface area is 114 Å². The summed E-state index contributed by atoms with van der Waals surface area (Å²) in [6.07, 6.45) is 3.59. The first kappa shape index (κ1) is 13.0. The second kappa shape index (κ2) is 5.48. The first-order valence-corrected chi connectivity index (χ1v) is 6.46. The number of nitrogens with one attached hydrogen (secondary N) is 1. The summed E-state index contributed by atoms with van der Waals surface area (Å²) in [6.45, 7) is 4.62. The van der Waals surface area contributed by atoms with Crippen LogP contribution in [0.5, 0.6) is 0 Å². The fourth-order valence-corrected chi connectivity index (χ4v) is 2.17. The van der Waals surface area contributed by atoms with Gasteiger partial charge in [-0.25, -0.2) is 4.39 Å².